The molecule has 0 aromatic heterocycles. The molecule has 0 aliphatic carbocycles. The first-order chi connectivity index (χ1) is 12.0. The predicted octanol–water partition coefficient (Wildman–Crippen LogP) is 2.84. The molecule has 1 unspecified atom stereocenters. The van der Waals surface area contributed by atoms with E-state index >= 15 is 0 Å². The van der Waals surface area contributed by atoms with Crippen LogP contribution in [0.5, 0.6) is 0 Å². The molecule has 1 heterocycles. The van der Waals surface area contributed by atoms with Crippen molar-refractivity contribution in [3.8, 4) is 0 Å². The van der Waals surface area contributed by atoms with Gasteiger partial charge in [-0.2, -0.15) is 0 Å². The number of benzene rings is 1. The third-order valence-corrected chi connectivity index (χ3v) is 4.74. The Labute approximate surface area is 163 Å². The van der Waals surface area contributed by atoms with Crippen LogP contribution in [-0.2, 0) is 11.3 Å². The zero-order valence-electron chi connectivity index (χ0n) is 16.1. The first-order valence-electron chi connectivity index (χ1n) is 9.30. The number of piperidine rings is 1. The number of hydrogen-bond donors (Lipinski definition) is 2. The highest BCUT2D eigenvalue weighted by molar-refractivity contribution is 5.94. The summed E-state index contributed by atoms with van der Waals surface area (Å²) in [5.74, 6) is 0.765. The lowest BCUT2D eigenvalue weighted by Gasteiger charge is -2.22. The Morgan fingerprint density at radius 1 is 1.27 bits per heavy atom. The molecule has 146 valence electrons. The normalized spacial score (nSPS) is 16.7. The lowest BCUT2D eigenvalue weighted by Crippen LogP contribution is -2.33. The zero-order valence-corrected chi connectivity index (χ0v) is 16.9. The summed E-state index contributed by atoms with van der Waals surface area (Å²) in [6, 6.07) is 7.51. The third-order valence-electron chi connectivity index (χ3n) is 4.74. The van der Waals surface area contributed by atoms with E-state index in [1.54, 1.807) is 4.90 Å². The standard InChI is InChI=1S/C20H31N3O2.ClH/c1-15(2)20(25)23(3)14-17-6-8-18(9-7-17)19(24)22-12-10-16-5-4-11-21-13-16;/h6-9,15-16,21H,4-5,10-14H2,1-3H3,(H,22,24);1H. The van der Waals surface area contributed by atoms with E-state index in [-0.39, 0.29) is 30.1 Å². The number of halogens is 1. The molecule has 2 amide bonds. The van der Waals surface area contributed by atoms with Crippen molar-refractivity contribution in [1.29, 1.82) is 0 Å². The van der Waals surface area contributed by atoms with E-state index in [2.05, 4.69) is 10.6 Å². The summed E-state index contributed by atoms with van der Waals surface area (Å²) >= 11 is 0. The largest absolute Gasteiger partial charge is 0.352 e. The van der Waals surface area contributed by atoms with Gasteiger partial charge >= 0.3 is 0 Å². The molecule has 0 spiro atoms. The summed E-state index contributed by atoms with van der Waals surface area (Å²) in [6.45, 7) is 7.26. The maximum Gasteiger partial charge on any atom is 0.251 e. The van der Waals surface area contributed by atoms with Gasteiger partial charge in [-0.1, -0.05) is 26.0 Å². The van der Waals surface area contributed by atoms with Crippen molar-refractivity contribution in [2.24, 2.45) is 11.8 Å². The van der Waals surface area contributed by atoms with Crippen molar-refractivity contribution < 1.29 is 9.59 Å². The minimum Gasteiger partial charge on any atom is -0.352 e. The highest BCUT2D eigenvalue weighted by atomic mass is 35.5. The van der Waals surface area contributed by atoms with Crippen LogP contribution in [0.25, 0.3) is 0 Å². The smallest absolute Gasteiger partial charge is 0.251 e. The number of amides is 2. The fraction of sp³-hybridized carbons (Fsp3) is 0.600. The van der Waals surface area contributed by atoms with Crippen LogP contribution in [0.2, 0.25) is 0 Å². The van der Waals surface area contributed by atoms with Gasteiger partial charge in [0.05, 0.1) is 0 Å². The Morgan fingerprint density at radius 3 is 2.54 bits per heavy atom. The SMILES string of the molecule is CC(C)C(=O)N(C)Cc1ccc(C(=O)NCCC2CCCNC2)cc1.Cl. The fourth-order valence-corrected chi connectivity index (χ4v) is 3.22. The fourth-order valence-electron chi connectivity index (χ4n) is 3.22. The molecule has 5 nitrogen and oxygen atoms in total. The van der Waals surface area contributed by atoms with Gasteiger partial charge < -0.3 is 15.5 Å². The van der Waals surface area contributed by atoms with Gasteiger partial charge in [0.15, 0.2) is 0 Å². The molecule has 1 aromatic carbocycles. The van der Waals surface area contributed by atoms with Crippen LogP contribution in [-0.4, -0.2) is 43.4 Å². The second kappa shape index (κ2) is 11.2. The Balaban J connectivity index is 0.00000338. The molecule has 1 aliphatic heterocycles. The molecule has 1 aromatic rings. The molecule has 1 aliphatic rings. The summed E-state index contributed by atoms with van der Waals surface area (Å²) in [6.07, 6.45) is 3.51. The number of carbonyl (C=O) groups is 2. The second-order valence-electron chi connectivity index (χ2n) is 7.30. The number of nitrogens with one attached hydrogen (secondary N) is 2. The van der Waals surface area contributed by atoms with Crippen molar-refractivity contribution in [2.45, 2.75) is 39.7 Å². The van der Waals surface area contributed by atoms with E-state index in [1.165, 1.54) is 12.8 Å². The minimum atomic E-state index is -0.0260. The van der Waals surface area contributed by atoms with Crippen LogP contribution in [0.1, 0.15) is 49.0 Å². The van der Waals surface area contributed by atoms with Crippen LogP contribution in [0.4, 0.5) is 0 Å². The second-order valence-corrected chi connectivity index (χ2v) is 7.30. The summed E-state index contributed by atoms with van der Waals surface area (Å²) < 4.78 is 0. The minimum absolute atomic E-state index is 0. The number of carbonyl (C=O) groups excluding carboxylic acids is 2. The molecule has 0 radical (unpaired) electrons. The molecule has 0 bridgehead atoms. The maximum atomic E-state index is 12.2. The summed E-state index contributed by atoms with van der Waals surface area (Å²) in [4.78, 5) is 25.9. The Bertz CT molecular complexity index is 569. The van der Waals surface area contributed by atoms with Gasteiger partial charge in [-0.3, -0.25) is 9.59 Å². The van der Waals surface area contributed by atoms with E-state index in [9.17, 15) is 9.59 Å². The van der Waals surface area contributed by atoms with E-state index < -0.39 is 0 Å². The maximum absolute atomic E-state index is 12.2. The molecular formula is C20H32ClN3O2. The van der Waals surface area contributed by atoms with Gasteiger partial charge in [0.2, 0.25) is 5.91 Å². The Morgan fingerprint density at radius 2 is 1.96 bits per heavy atom. The molecule has 2 N–H and O–H groups in total. The topological polar surface area (TPSA) is 61.4 Å². The monoisotopic (exact) mass is 381 g/mol. The first-order valence-corrected chi connectivity index (χ1v) is 9.30. The number of hydrogen-bond acceptors (Lipinski definition) is 3. The summed E-state index contributed by atoms with van der Waals surface area (Å²) in [7, 11) is 1.81. The van der Waals surface area contributed by atoms with Gasteiger partial charge in [-0.15, -0.1) is 12.4 Å². The van der Waals surface area contributed by atoms with Gasteiger partial charge in [-0.05, 0) is 56.0 Å². The number of rotatable bonds is 7. The van der Waals surface area contributed by atoms with Crippen molar-refractivity contribution in [1.82, 2.24) is 15.5 Å². The lowest BCUT2D eigenvalue weighted by atomic mass is 9.96. The summed E-state index contributed by atoms with van der Waals surface area (Å²) in [5.41, 5.74) is 1.70. The van der Waals surface area contributed by atoms with Crippen molar-refractivity contribution in [3.63, 3.8) is 0 Å². The van der Waals surface area contributed by atoms with Gasteiger partial charge in [-0.25, -0.2) is 0 Å². The molecular weight excluding hydrogens is 350 g/mol. The van der Waals surface area contributed by atoms with E-state index in [0.29, 0.717) is 18.0 Å². The van der Waals surface area contributed by atoms with Crippen LogP contribution >= 0.6 is 12.4 Å². The van der Waals surface area contributed by atoms with Crippen LogP contribution < -0.4 is 10.6 Å². The van der Waals surface area contributed by atoms with Crippen molar-refractivity contribution in [3.05, 3.63) is 35.4 Å². The highest BCUT2D eigenvalue weighted by Gasteiger charge is 2.14. The average Bonchev–Trinajstić information content (AvgIpc) is 2.62. The first kappa shape index (κ1) is 22.5. The predicted molar refractivity (Wildman–Crippen MR) is 108 cm³/mol. The average molecular weight is 382 g/mol. The van der Waals surface area contributed by atoms with Crippen LogP contribution in [0.3, 0.4) is 0 Å². The quantitative estimate of drug-likeness (QED) is 0.763. The van der Waals surface area contributed by atoms with Crippen LogP contribution in [0.15, 0.2) is 24.3 Å². The molecule has 1 atom stereocenters. The molecule has 6 heteroatoms. The summed E-state index contributed by atoms with van der Waals surface area (Å²) in [5, 5.41) is 6.41. The lowest BCUT2D eigenvalue weighted by molar-refractivity contribution is -0.133. The molecule has 26 heavy (non-hydrogen) atoms. The van der Waals surface area contributed by atoms with E-state index in [0.717, 1.165) is 31.6 Å². The van der Waals surface area contributed by atoms with E-state index in [4.69, 9.17) is 0 Å². The van der Waals surface area contributed by atoms with Crippen molar-refractivity contribution in [2.75, 3.05) is 26.7 Å². The van der Waals surface area contributed by atoms with E-state index in [1.807, 2.05) is 45.2 Å². The van der Waals surface area contributed by atoms with Gasteiger partial charge in [0, 0.05) is 31.6 Å². The number of nitrogens with zero attached hydrogens (tertiary/aromatic N) is 1. The molecule has 1 saturated heterocycles. The van der Waals surface area contributed by atoms with Gasteiger partial charge in [0.1, 0.15) is 0 Å². The van der Waals surface area contributed by atoms with Crippen LogP contribution in [0, 0.1) is 11.8 Å². The zero-order chi connectivity index (χ0) is 18.2. The van der Waals surface area contributed by atoms with Gasteiger partial charge in [0.25, 0.3) is 5.91 Å². The Kier molecular flexibility index (Phi) is 9.66. The third kappa shape index (κ3) is 6.96. The molecule has 2 rings (SSSR count). The Hall–Kier alpha value is -1.59. The van der Waals surface area contributed by atoms with Crippen molar-refractivity contribution >= 4 is 24.2 Å². The highest BCUT2D eigenvalue weighted by Crippen LogP contribution is 2.13. The molecule has 1 fully saturated rings. The molecule has 0 saturated carbocycles.